The molecule has 1 unspecified atom stereocenters. The molecule has 84 valence electrons. The third-order valence-corrected chi connectivity index (χ3v) is 2.87. The maximum Gasteiger partial charge on any atom is 0.0420 e. The average Bonchev–Trinajstić information content (AvgIpc) is 2.26. The van der Waals surface area contributed by atoms with Gasteiger partial charge >= 0.3 is 0 Å². The van der Waals surface area contributed by atoms with Crippen molar-refractivity contribution >= 4 is 0 Å². The fourth-order valence-electron chi connectivity index (χ4n) is 1.92. The van der Waals surface area contributed by atoms with Gasteiger partial charge in [0, 0.05) is 17.9 Å². The zero-order chi connectivity index (χ0) is 11.1. The van der Waals surface area contributed by atoms with Gasteiger partial charge in [0.15, 0.2) is 0 Å². The molecular weight excluding hydrogens is 184 g/mol. The molecule has 0 fully saturated rings. The summed E-state index contributed by atoms with van der Waals surface area (Å²) in [6.07, 6.45) is 6.95. The zero-order valence-electron chi connectivity index (χ0n) is 10.1. The maximum absolute atomic E-state index is 4.34. The Balaban J connectivity index is 2.61. The number of aryl methyl sites for hydroxylation is 1. The molecule has 1 rings (SSSR count). The second kappa shape index (κ2) is 6.57. The molecule has 15 heavy (non-hydrogen) atoms. The van der Waals surface area contributed by atoms with E-state index in [-0.39, 0.29) is 0 Å². The standard InChI is InChI=1S/C13H22N2/c1-4-5-6-9-13(14-3)12-8-7-10-15-11(12)2/h7-8,10,13-14H,4-6,9H2,1-3H3. The highest BCUT2D eigenvalue weighted by Gasteiger charge is 2.10. The lowest BCUT2D eigenvalue weighted by Gasteiger charge is -2.17. The minimum Gasteiger partial charge on any atom is -0.313 e. The van der Waals surface area contributed by atoms with Gasteiger partial charge in [-0.05, 0) is 32.0 Å². The van der Waals surface area contributed by atoms with E-state index in [1.807, 2.05) is 19.3 Å². The second-order valence-corrected chi connectivity index (χ2v) is 4.02. The van der Waals surface area contributed by atoms with Gasteiger partial charge in [0.25, 0.3) is 0 Å². The van der Waals surface area contributed by atoms with Crippen molar-refractivity contribution in [2.75, 3.05) is 7.05 Å². The van der Waals surface area contributed by atoms with Gasteiger partial charge in [-0.3, -0.25) is 4.98 Å². The molecule has 2 heteroatoms. The monoisotopic (exact) mass is 206 g/mol. The van der Waals surface area contributed by atoms with Crippen molar-refractivity contribution in [3.05, 3.63) is 29.6 Å². The minimum atomic E-state index is 0.463. The van der Waals surface area contributed by atoms with Crippen LogP contribution in [0.4, 0.5) is 0 Å². The molecule has 0 aliphatic rings. The van der Waals surface area contributed by atoms with Gasteiger partial charge in [-0.15, -0.1) is 0 Å². The Kier molecular flexibility index (Phi) is 5.33. The first-order valence-corrected chi connectivity index (χ1v) is 5.88. The number of pyridine rings is 1. The highest BCUT2D eigenvalue weighted by atomic mass is 14.9. The number of rotatable bonds is 6. The van der Waals surface area contributed by atoms with Crippen LogP contribution in [0.2, 0.25) is 0 Å². The largest absolute Gasteiger partial charge is 0.313 e. The van der Waals surface area contributed by atoms with Gasteiger partial charge in [0.1, 0.15) is 0 Å². The van der Waals surface area contributed by atoms with Gasteiger partial charge < -0.3 is 5.32 Å². The predicted octanol–water partition coefficient (Wildman–Crippen LogP) is 3.23. The Hall–Kier alpha value is -0.890. The number of unbranched alkanes of at least 4 members (excludes halogenated alkanes) is 2. The van der Waals surface area contributed by atoms with Gasteiger partial charge in [0.05, 0.1) is 0 Å². The summed E-state index contributed by atoms with van der Waals surface area (Å²) in [4.78, 5) is 4.34. The molecule has 1 aromatic rings. The molecule has 1 heterocycles. The van der Waals surface area contributed by atoms with Crippen LogP contribution in [0.15, 0.2) is 18.3 Å². The van der Waals surface area contributed by atoms with E-state index in [1.54, 1.807) is 0 Å². The van der Waals surface area contributed by atoms with Crippen molar-refractivity contribution < 1.29 is 0 Å². The van der Waals surface area contributed by atoms with Crippen LogP contribution in [0.1, 0.15) is 49.9 Å². The van der Waals surface area contributed by atoms with E-state index >= 15 is 0 Å². The van der Waals surface area contributed by atoms with Crippen molar-refractivity contribution in [1.29, 1.82) is 0 Å². The fourth-order valence-corrected chi connectivity index (χ4v) is 1.92. The number of hydrogen-bond acceptors (Lipinski definition) is 2. The van der Waals surface area contributed by atoms with Gasteiger partial charge in [-0.25, -0.2) is 0 Å². The molecule has 0 radical (unpaired) electrons. The Morgan fingerprint density at radius 3 is 2.80 bits per heavy atom. The SMILES string of the molecule is CCCCCC(NC)c1cccnc1C. The van der Waals surface area contributed by atoms with Crippen LogP contribution in [0.25, 0.3) is 0 Å². The molecule has 0 aromatic carbocycles. The molecule has 0 saturated heterocycles. The molecule has 0 saturated carbocycles. The van der Waals surface area contributed by atoms with E-state index in [0.717, 1.165) is 5.69 Å². The molecule has 0 aliphatic heterocycles. The molecule has 0 amide bonds. The number of hydrogen-bond donors (Lipinski definition) is 1. The lowest BCUT2D eigenvalue weighted by Crippen LogP contribution is -2.17. The van der Waals surface area contributed by atoms with Gasteiger partial charge in [-0.1, -0.05) is 32.3 Å². The van der Waals surface area contributed by atoms with E-state index in [4.69, 9.17) is 0 Å². The van der Waals surface area contributed by atoms with Crippen LogP contribution in [0.3, 0.4) is 0 Å². The highest BCUT2D eigenvalue weighted by Crippen LogP contribution is 2.21. The van der Waals surface area contributed by atoms with Crippen LogP contribution >= 0.6 is 0 Å². The van der Waals surface area contributed by atoms with Crippen molar-refractivity contribution in [3.8, 4) is 0 Å². The summed E-state index contributed by atoms with van der Waals surface area (Å²) in [6.45, 7) is 4.32. The van der Waals surface area contributed by atoms with E-state index < -0.39 is 0 Å². The summed E-state index contributed by atoms with van der Waals surface area (Å²) in [5.74, 6) is 0. The number of nitrogens with zero attached hydrogens (tertiary/aromatic N) is 1. The Labute approximate surface area is 93.1 Å². The van der Waals surface area contributed by atoms with E-state index in [1.165, 1.54) is 31.2 Å². The summed E-state index contributed by atoms with van der Waals surface area (Å²) in [5.41, 5.74) is 2.49. The average molecular weight is 206 g/mol. The Morgan fingerprint density at radius 1 is 1.40 bits per heavy atom. The van der Waals surface area contributed by atoms with Crippen LogP contribution in [0, 0.1) is 6.92 Å². The van der Waals surface area contributed by atoms with Crippen LogP contribution < -0.4 is 5.32 Å². The predicted molar refractivity (Wildman–Crippen MR) is 64.9 cm³/mol. The first-order chi connectivity index (χ1) is 7.29. The molecule has 1 atom stereocenters. The molecular formula is C13H22N2. The molecule has 1 N–H and O–H groups in total. The van der Waals surface area contributed by atoms with E-state index in [2.05, 4.69) is 30.2 Å². The van der Waals surface area contributed by atoms with Gasteiger partial charge in [0.2, 0.25) is 0 Å². The van der Waals surface area contributed by atoms with Crippen LogP contribution in [-0.2, 0) is 0 Å². The van der Waals surface area contributed by atoms with Crippen molar-refractivity contribution in [2.24, 2.45) is 0 Å². The first kappa shape index (κ1) is 12.2. The summed E-state index contributed by atoms with van der Waals surface area (Å²) >= 11 is 0. The van der Waals surface area contributed by atoms with Crippen molar-refractivity contribution in [2.45, 2.75) is 45.6 Å². The van der Waals surface area contributed by atoms with Crippen LogP contribution in [0.5, 0.6) is 0 Å². The van der Waals surface area contributed by atoms with E-state index in [9.17, 15) is 0 Å². The van der Waals surface area contributed by atoms with E-state index in [0.29, 0.717) is 6.04 Å². The topological polar surface area (TPSA) is 24.9 Å². The molecule has 0 bridgehead atoms. The Morgan fingerprint density at radius 2 is 2.20 bits per heavy atom. The summed E-state index contributed by atoms with van der Waals surface area (Å²) in [6, 6.07) is 4.66. The zero-order valence-corrected chi connectivity index (χ0v) is 10.1. The normalized spacial score (nSPS) is 12.7. The molecule has 0 aliphatic carbocycles. The third kappa shape index (κ3) is 3.63. The van der Waals surface area contributed by atoms with Crippen LogP contribution in [-0.4, -0.2) is 12.0 Å². The van der Waals surface area contributed by atoms with Crippen molar-refractivity contribution in [1.82, 2.24) is 10.3 Å². The molecule has 0 spiro atoms. The van der Waals surface area contributed by atoms with Gasteiger partial charge in [-0.2, -0.15) is 0 Å². The third-order valence-electron chi connectivity index (χ3n) is 2.87. The molecule has 1 aromatic heterocycles. The number of nitrogens with one attached hydrogen (secondary N) is 1. The summed E-state index contributed by atoms with van der Waals surface area (Å²) in [7, 11) is 2.03. The minimum absolute atomic E-state index is 0.463. The lowest BCUT2D eigenvalue weighted by atomic mass is 10.00. The molecule has 2 nitrogen and oxygen atoms in total. The number of aromatic nitrogens is 1. The van der Waals surface area contributed by atoms with Crippen molar-refractivity contribution in [3.63, 3.8) is 0 Å². The lowest BCUT2D eigenvalue weighted by molar-refractivity contribution is 0.508. The maximum atomic E-state index is 4.34. The quantitative estimate of drug-likeness (QED) is 0.723. The first-order valence-electron chi connectivity index (χ1n) is 5.88. The fraction of sp³-hybridized carbons (Fsp3) is 0.615. The Bertz CT molecular complexity index is 284. The summed E-state index contributed by atoms with van der Waals surface area (Å²) in [5, 5.41) is 3.38. The second-order valence-electron chi connectivity index (χ2n) is 4.02. The highest BCUT2D eigenvalue weighted by molar-refractivity contribution is 5.22. The summed E-state index contributed by atoms with van der Waals surface area (Å²) < 4.78 is 0. The smallest absolute Gasteiger partial charge is 0.0420 e.